The number of halogens is 1. The Morgan fingerprint density at radius 1 is 1.10 bits per heavy atom. The summed E-state index contributed by atoms with van der Waals surface area (Å²) in [6.45, 7) is 0.489. The lowest BCUT2D eigenvalue weighted by Gasteiger charge is -2.09. The van der Waals surface area contributed by atoms with E-state index in [4.69, 9.17) is 21.1 Å². The molecule has 0 N–H and O–H groups in total. The van der Waals surface area contributed by atoms with Gasteiger partial charge in [-0.1, -0.05) is 30.3 Å². The lowest BCUT2D eigenvalue weighted by molar-refractivity contribution is -0.134. The highest BCUT2D eigenvalue weighted by Crippen LogP contribution is 2.36. The van der Waals surface area contributed by atoms with Crippen LogP contribution in [0.25, 0.3) is 0 Å². The number of alkyl halides is 1. The predicted molar refractivity (Wildman–Crippen MR) is 81.2 cm³/mol. The van der Waals surface area contributed by atoms with E-state index in [2.05, 4.69) is 0 Å². The summed E-state index contributed by atoms with van der Waals surface area (Å²) in [5.74, 6) is 1.52. The summed E-state index contributed by atoms with van der Waals surface area (Å²) in [7, 11) is 0. The molecule has 1 aliphatic rings. The number of fused-ring (bicyclic) bond motifs is 1. The highest BCUT2D eigenvalue weighted by molar-refractivity contribution is 6.18. The molecule has 2 aromatic rings. The number of ether oxygens (including phenoxy) is 2. The Morgan fingerprint density at radius 3 is 2.62 bits per heavy atom. The molecule has 0 spiro atoms. The summed E-state index contributed by atoms with van der Waals surface area (Å²) in [5.41, 5.74) is 2.04. The van der Waals surface area contributed by atoms with Crippen molar-refractivity contribution in [3.8, 4) is 11.5 Å². The van der Waals surface area contributed by atoms with Gasteiger partial charge in [-0.25, -0.2) is 0 Å². The van der Waals surface area contributed by atoms with E-state index in [0.717, 1.165) is 16.9 Å². The molecule has 0 amide bonds. The van der Waals surface area contributed by atoms with E-state index in [1.54, 1.807) is 0 Å². The first-order valence-corrected chi connectivity index (χ1v) is 7.39. The molecule has 21 heavy (non-hydrogen) atoms. The molecule has 4 heteroatoms. The van der Waals surface area contributed by atoms with Crippen molar-refractivity contribution in [1.29, 1.82) is 0 Å². The van der Waals surface area contributed by atoms with Crippen LogP contribution in [0.4, 0.5) is 0 Å². The number of hydrogen-bond donors (Lipinski definition) is 0. The first-order valence-electron chi connectivity index (χ1n) is 6.86. The molecule has 0 saturated carbocycles. The van der Waals surface area contributed by atoms with Gasteiger partial charge in [-0.2, -0.15) is 0 Å². The van der Waals surface area contributed by atoms with Crippen LogP contribution in [0.3, 0.4) is 0 Å². The summed E-state index contributed by atoms with van der Waals surface area (Å²) in [6.07, 6.45) is 0.631. The molecular weight excluding hydrogens is 288 g/mol. The predicted octanol–water partition coefficient (Wildman–Crippen LogP) is 3.55. The largest absolute Gasteiger partial charge is 0.492 e. The molecule has 1 unspecified atom stereocenters. The molecule has 0 aromatic heterocycles. The van der Waals surface area contributed by atoms with Crippen molar-refractivity contribution in [2.45, 2.75) is 12.3 Å². The average Bonchev–Trinajstić information content (AvgIpc) is 2.83. The van der Waals surface area contributed by atoms with Gasteiger partial charge in [-0.3, -0.25) is 4.79 Å². The van der Waals surface area contributed by atoms with Crippen molar-refractivity contribution in [2.75, 3.05) is 12.5 Å². The second-order valence-electron chi connectivity index (χ2n) is 4.90. The Kier molecular flexibility index (Phi) is 4.11. The molecule has 0 bridgehead atoms. The van der Waals surface area contributed by atoms with Gasteiger partial charge >= 0.3 is 5.97 Å². The minimum absolute atomic E-state index is 0.182. The lowest BCUT2D eigenvalue weighted by Crippen LogP contribution is -2.12. The summed E-state index contributed by atoms with van der Waals surface area (Å²) < 4.78 is 10.7. The maximum atomic E-state index is 12.0. The van der Waals surface area contributed by atoms with Gasteiger partial charge in [0.15, 0.2) is 0 Å². The highest BCUT2D eigenvalue weighted by atomic mass is 35.5. The minimum atomic E-state index is -0.226. The monoisotopic (exact) mass is 302 g/mol. The normalized spacial score (nSPS) is 16.4. The second-order valence-corrected chi connectivity index (χ2v) is 5.27. The lowest BCUT2D eigenvalue weighted by atomic mass is 9.93. The first kappa shape index (κ1) is 14.0. The van der Waals surface area contributed by atoms with Crippen molar-refractivity contribution in [1.82, 2.24) is 0 Å². The van der Waals surface area contributed by atoms with Crippen LogP contribution in [0.1, 0.15) is 17.0 Å². The smallest absolute Gasteiger partial charge is 0.319 e. The van der Waals surface area contributed by atoms with Crippen LogP contribution in [0, 0.1) is 0 Å². The van der Waals surface area contributed by atoms with Crippen molar-refractivity contribution < 1.29 is 14.3 Å². The maximum Gasteiger partial charge on any atom is 0.319 e. The van der Waals surface area contributed by atoms with Crippen molar-refractivity contribution in [2.24, 2.45) is 0 Å². The van der Waals surface area contributed by atoms with Crippen LogP contribution in [0.15, 0.2) is 48.5 Å². The van der Waals surface area contributed by atoms with Crippen molar-refractivity contribution in [3.63, 3.8) is 0 Å². The molecule has 0 saturated heterocycles. The number of rotatable bonds is 5. The molecule has 1 heterocycles. The number of esters is 1. The topological polar surface area (TPSA) is 35.5 Å². The molecule has 0 fully saturated rings. The quantitative estimate of drug-likeness (QED) is 0.481. The summed E-state index contributed by atoms with van der Waals surface area (Å²) >= 11 is 5.58. The fraction of sp³-hybridized carbons (Fsp3) is 0.235. The van der Waals surface area contributed by atoms with Gasteiger partial charge in [-0.15, -0.1) is 11.6 Å². The highest BCUT2D eigenvalue weighted by Gasteiger charge is 2.32. The molecule has 0 radical (unpaired) electrons. The van der Waals surface area contributed by atoms with Crippen molar-refractivity contribution >= 4 is 17.6 Å². The fourth-order valence-electron chi connectivity index (χ4n) is 2.48. The van der Waals surface area contributed by atoms with Crippen molar-refractivity contribution in [3.05, 3.63) is 59.7 Å². The van der Waals surface area contributed by atoms with E-state index in [1.165, 1.54) is 0 Å². The van der Waals surface area contributed by atoms with Gasteiger partial charge in [-0.05, 0) is 30.2 Å². The zero-order valence-electron chi connectivity index (χ0n) is 11.4. The van der Waals surface area contributed by atoms with Crippen LogP contribution in [0.5, 0.6) is 11.5 Å². The summed E-state index contributed by atoms with van der Waals surface area (Å²) in [6, 6.07) is 15.3. The van der Waals surface area contributed by atoms with E-state index in [-0.39, 0.29) is 11.9 Å². The van der Waals surface area contributed by atoms with E-state index < -0.39 is 0 Å². The summed E-state index contributed by atoms with van der Waals surface area (Å²) in [5, 5.41) is 0. The van der Waals surface area contributed by atoms with Crippen LogP contribution >= 0.6 is 11.6 Å². The minimum Gasteiger partial charge on any atom is -0.492 e. The van der Waals surface area contributed by atoms with Crippen LogP contribution in [0.2, 0.25) is 0 Å². The van der Waals surface area contributed by atoms with E-state index in [1.807, 2.05) is 48.5 Å². The van der Waals surface area contributed by atoms with E-state index >= 15 is 0 Å². The number of benzene rings is 2. The Hall–Kier alpha value is -2.00. The standard InChI is InChI=1S/C17H15ClO3/c18-9-10-20-13-7-5-12(6-8-13)11-15-14-3-1-2-4-16(14)21-17(15)19/h1-8,15H,9-11H2. The fourth-order valence-corrected chi connectivity index (χ4v) is 2.55. The third-order valence-electron chi connectivity index (χ3n) is 3.50. The van der Waals surface area contributed by atoms with Crippen LogP contribution < -0.4 is 9.47 Å². The van der Waals surface area contributed by atoms with Crippen LogP contribution in [-0.2, 0) is 11.2 Å². The molecule has 2 aromatic carbocycles. The molecular formula is C17H15ClO3. The third-order valence-corrected chi connectivity index (χ3v) is 3.65. The molecule has 1 atom stereocenters. The van der Waals surface area contributed by atoms with Gasteiger partial charge in [0.2, 0.25) is 0 Å². The van der Waals surface area contributed by atoms with E-state index in [0.29, 0.717) is 24.7 Å². The number of hydrogen-bond acceptors (Lipinski definition) is 3. The second kappa shape index (κ2) is 6.19. The van der Waals surface area contributed by atoms with Gasteiger partial charge < -0.3 is 9.47 Å². The zero-order valence-corrected chi connectivity index (χ0v) is 12.2. The van der Waals surface area contributed by atoms with Gasteiger partial charge in [0.25, 0.3) is 0 Å². The van der Waals surface area contributed by atoms with Gasteiger partial charge in [0.05, 0.1) is 11.8 Å². The molecule has 3 nitrogen and oxygen atoms in total. The third kappa shape index (κ3) is 3.03. The average molecular weight is 303 g/mol. The Balaban J connectivity index is 1.73. The molecule has 108 valence electrons. The molecule has 3 rings (SSSR count). The zero-order chi connectivity index (χ0) is 14.7. The summed E-state index contributed by atoms with van der Waals surface area (Å²) in [4.78, 5) is 12.0. The Labute approximate surface area is 128 Å². The van der Waals surface area contributed by atoms with E-state index in [9.17, 15) is 4.79 Å². The molecule has 0 aliphatic carbocycles. The Morgan fingerprint density at radius 2 is 1.86 bits per heavy atom. The first-order chi connectivity index (χ1) is 10.3. The number of carbonyl (C=O) groups is 1. The Bertz CT molecular complexity index is 637. The SMILES string of the molecule is O=C1Oc2ccccc2C1Cc1ccc(OCCCl)cc1. The van der Waals surface area contributed by atoms with Gasteiger partial charge in [0.1, 0.15) is 18.1 Å². The maximum absolute atomic E-state index is 12.0. The molecule has 1 aliphatic heterocycles. The number of para-hydroxylation sites is 1. The van der Waals surface area contributed by atoms with Crippen LogP contribution in [-0.4, -0.2) is 18.5 Å². The number of carbonyl (C=O) groups excluding carboxylic acids is 1. The van der Waals surface area contributed by atoms with Gasteiger partial charge in [0, 0.05) is 5.56 Å².